The minimum absolute atomic E-state index is 0.0426. The van der Waals surface area contributed by atoms with Crippen LogP contribution >= 0.6 is 11.6 Å². The summed E-state index contributed by atoms with van der Waals surface area (Å²) < 4.78 is 33.5. The molecule has 2 aromatic rings. The molecule has 0 aliphatic carbocycles. The van der Waals surface area contributed by atoms with Crippen LogP contribution in [0.25, 0.3) is 0 Å². The van der Waals surface area contributed by atoms with E-state index in [9.17, 15) is 42.3 Å². The fourth-order valence-corrected chi connectivity index (χ4v) is 5.37. The van der Waals surface area contributed by atoms with Gasteiger partial charge in [0.15, 0.2) is 15.6 Å². The third-order valence-corrected chi connectivity index (χ3v) is 9.27. The third kappa shape index (κ3) is 14.5. The second-order valence-corrected chi connectivity index (χ2v) is 14.5. The number of hydrogen-bond acceptors (Lipinski definition) is 10. The molecule has 0 saturated heterocycles. The van der Waals surface area contributed by atoms with E-state index in [0.29, 0.717) is 11.1 Å². The average molecular weight is 735 g/mol. The van der Waals surface area contributed by atoms with Gasteiger partial charge in [-0.05, 0) is 30.0 Å². The fraction of sp³-hybridized carbons (Fsp3) is 0.429. The van der Waals surface area contributed by atoms with E-state index in [1.807, 2.05) is 0 Å². The number of sulfone groups is 1. The zero-order valence-electron chi connectivity index (χ0n) is 28.3. The Morgan fingerprint density at radius 1 is 0.820 bits per heavy atom. The standard InChI is InChI=1S/C35H43ClN2O11S/c1-5-48-32(43)19-26(18-29(36)50(4,46)47)37-35(45)27(22(2)3)20-28(39)33(24-14-10-7-11-15-24)38-34(44)25(16-30(40)41)17-31(42)49-21-23-12-8-6-9-13-23/h6-15,18,22,25-27,33H,5,16-17,19-21H2,1-4H3,(H,37,45)(H,38,44)(H,40,41)/b29-18+/t25-,26-,27+,33+/m1/s1. The van der Waals surface area contributed by atoms with Crippen LogP contribution in [0, 0.1) is 17.8 Å². The summed E-state index contributed by atoms with van der Waals surface area (Å²) in [5.74, 6) is -7.92. The zero-order chi connectivity index (χ0) is 37.4. The number of ether oxygens (including phenoxy) is 2. The number of ketones is 1. The molecule has 2 rings (SSSR count). The smallest absolute Gasteiger partial charge is 0.308 e. The Morgan fingerprint density at radius 3 is 1.94 bits per heavy atom. The van der Waals surface area contributed by atoms with Crippen LogP contribution in [0.5, 0.6) is 0 Å². The van der Waals surface area contributed by atoms with E-state index in [1.54, 1.807) is 81.4 Å². The lowest BCUT2D eigenvalue weighted by atomic mass is 9.86. The molecule has 0 bridgehead atoms. The molecule has 0 aliphatic heterocycles. The van der Waals surface area contributed by atoms with Crippen LogP contribution in [0.15, 0.2) is 71.1 Å². The van der Waals surface area contributed by atoms with Crippen LogP contribution in [0.2, 0.25) is 0 Å². The maximum Gasteiger partial charge on any atom is 0.308 e. The van der Waals surface area contributed by atoms with Crippen molar-refractivity contribution in [3.63, 3.8) is 0 Å². The van der Waals surface area contributed by atoms with E-state index in [0.717, 1.165) is 12.3 Å². The molecule has 2 aromatic carbocycles. The van der Waals surface area contributed by atoms with Crippen LogP contribution in [-0.2, 0) is 54.7 Å². The van der Waals surface area contributed by atoms with Crippen LogP contribution in [0.4, 0.5) is 0 Å². The number of nitrogens with one attached hydrogen (secondary N) is 2. The molecule has 0 aliphatic rings. The highest BCUT2D eigenvalue weighted by Crippen LogP contribution is 2.25. The van der Waals surface area contributed by atoms with Gasteiger partial charge < -0.3 is 25.2 Å². The SMILES string of the molecule is CCOC(=O)C[C@@H](/C=C(\Cl)S(C)(=O)=O)NC(=O)[C@@H](CC(=O)[C@@H](NC(=O)[C@H](CC(=O)O)CC(=O)OCc1ccccc1)c1ccccc1)C(C)C. The number of rotatable bonds is 20. The van der Waals surface area contributed by atoms with Crippen LogP contribution in [-0.4, -0.2) is 67.9 Å². The molecule has 0 heterocycles. The van der Waals surface area contributed by atoms with Gasteiger partial charge in [0.05, 0.1) is 37.8 Å². The number of carboxylic acids is 1. The maximum atomic E-state index is 13.9. The minimum Gasteiger partial charge on any atom is -0.481 e. The van der Waals surface area contributed by atoms with E-state index < -0.39 is 105 Å². The number of carbonyl (C=O) groups excluding carboxylic acids is 5. The van der Waals surface area contributed by atoms with E-state index in [-0.39, 0.29) is 13.2 Å². The Kier molecular flexibility index (Phi) is 16.8. The predicted octanol–water partition coefficient (Wildman–Crippen LogP) is 3.86. The van der Waals surface area contributed by atoms with Crippen LogP contribution in [0.1, 0.15) is 63.6 Å². The Balaban J connectivity index is 2.31. The molecular weight excluding hydrogens is 692 g/mol. The number of carboxylic acid groups (broad SMARTS) is 1. The third-order valence-electron chi connectivity index (χ3n) is 7.46. The Bertz CT molecular complexity index is 1630. The lowest BCUT2D eigenvalue weighted by molar-refractivity contribution is -0.150. The molecule has 0 saturated carbocycles. The van der Waals surface area contributed by atoms with E-state index in [1.165, 1.54) is 0 Å². The Morgan fingerprint density at radius 2 is 1.40 bits per heavy atom. The number of Topliss-reactive ketones (excluding diaryl/α,β-unsaturated/α-hetero) is 1. The number of hydrogen-bond donors (Lipinski definition) is 3. The van der Waals surface area contributed by atoms with E-state index in [2.05, 4.69) is 10.6 Å². The van der Waals surface area contributed by atoms with Crippen molar-refractivity contribution in [2.24, 2.45) is 17.8 Å². The normalized spacial score (nSPS) is 14.1. The summed E-state index contributed by atoms with van der Waals surface area (Å²) in [7, 11) is -3.87. The summed E-state index contributed by atoms with van der Waals surface area (Å²) in [5.41, 5.74) is 1.04. The second-order valence-electron chi connectivity index (χ2n) is 11.9. The van der Waals surface area contributed by atoms with Crippen molar-refractivity contribution in [1.29, 1.82) is 0 Å². The molecule has 50 heavy (non-hydrogen) atoms. The van der Waals surface area contributed by atoms with Gasteiger partial charge in [0.1, 0.15) is 17.0 Å². The Hall–Kier alpha value is -4.56. The largest absolute Gasteiger partial charge is 0.481 e. The number of halogens is 1. The highest BCUT2D eigenvalue weighted by atomic mass is 35.5. The molecule has 0 aromatic heterocycles. The molecule has 0 radical (unpaired) electrons. The minimum atomic E-state index is -3.87. The van der Waals surface area contributed by atoms with Crippen molar-refractivity contribution in [2.45, 2.75) is 65.1 Å². The van der Waals surface area contributed by atoms with Crippen molar-refractivity contribution in [2.75, 3.05) is 12.9 Å². The molecule has 13 nitrogen and oxygen atoms in total. The fourth-order valence-electron chi connectivity index (χ4n) is 4.81. The highest BCUT2D eigenvalue weighted by molar-refractivity contribution is 7.96. The first-order valence-corrected chi connectivity index (χ1v) is 18.1. The highest BCUT2D eigenvalue weighted by Gasteiger charge is 2.34. The van der Waals surface area contributed by atoms with E-state index >= 15 is 0 Å². The van der Waals surface area contributed by atoms with Gasteiger partial charge in [-0.25, -0.2) is 8.42 Å². The van der Waals surface area contributed by atoms with Crippen molar-refractivity contribution < 1.29 is 51.8 Å². The van der Waals surface area contributed by atoms with Gasteiger partial charge in [0.2, 0.25) is 11.8 Å². The van der Waals surface area contributed by atoms with E-state index in [4.69, 9.17) is 21.1 Å². The maximum absolute atomic E-state index is 13.9. The molecule has 2 amide bonds. The first-order valence-electron chi connectivity index (χ1n) is 15.8. The number of benzene rings is 2. The first-order chi connectivity index (χ1) is 23.5. The molecule has 3 N–H and O–H groups in total. The predicted molar refractivity (Wildman–Crippen MR) is 184 cm³/mol. The van der Waals surface area contributed by atoms with Gasteiger partial charge in [-0.2, -0.15) is 0 Å². The second kappa shape index (κ2) is 20.2. The summed E-state index contributed by atoms with van der Waals surface area (Å²) in [6.07, 6.45) is -0.274. The summed E-state index contributed by atoms with van der Waals surface area (Å²) in [4.78, 5) is 77.5. The van der Waals surface area contributed by atoms with Crippen molar-refractivity contribution in [3.05, 3.63) is 82.2 Å². The number of amides is 2. The van der Waals surface area contributed by atoms with Gasteiger partial charge in [-0.15, -0.1) is 0 Å². The van der Waals surface area contributed by atoms with Crippen molar-refractivity contribution in [1.82, 2.24) is 10.6 Å². The molecule has 272 valence electrons. The van der Waals surface area contributed by atoms with Gasteiger partial charge in [0.25, 0.3) is 0 Å². The molecule has 0 fully saturated rings. The summed E-state index contributed by atoms with van der Waals surface area (Å²) in [6, 6.07) is 14.3. The van der Waals surface area contributed by atoms with Crippen LogP contribution in [0.3, 0.4) is 0 Å². The van der Waals surface area contributed by atoms with Gasteiger partial charge in [0, 0.05) is 18.6 Å². The molecule has 0 unspecified atom stereocenters. The first kappa shape index (κ1) is 41.6. The summed E-state index contributed by atoms with van der Waals surface area (Å²) >= 11 is 5.92. The van der Waals surface area contributed by atoms with Gasteiger partial charge in [-0.1, -0.05) is 86.1 Å². The topological polar surface area (TPSA) is 199 Å². The van der Waals surface area contributed by atoms with Gasteiger partial charge >= 0.3 is 17.9 Å². The molecule has 4 atom stereocenters. The Labute approximate surface area is 296 Å². The zero-order valence-corrected chi connectivity index (χ0v) is 29.9. The monoisotopic (exact) mass is 734 g/mol. The summed E-state index contributed by atoms with van der Waals surface area (Å²) in [5, 5.41) is 14.7. The number of esters is 2. The molecular formula is C35H43ClN2O11S. The molecule has 0 spiro atoms. The molecule has 15 heteroatoms. The lowest BCUT2D eigenvalue weighted by Crippen LogP contribution is -2.44. The number of aliphatic carboxylic acids is 1. The van der Waals surface area contributed by atoms with Gasteiger partial charge in [-0.3, -0.25) is 28.8 Å². The summed E-state index contributed by atoms with van der Waals surface area (Å²) in [6.45, 7) is 4.89. The average Bonchev–Trinajstić information content (AvgIpc) is 3.04. The quantitative estimate of drug-likeness (QED) is 0.167. The lowest BCUT2D eigenvalue weighted by Gasteiger charge is -2.26. The van der Waals surface area contributed by atoms with Crippen molar-refractivity contribution in [3.8, 4) is 0 Å². The van der Waals surface area contributed by atoms with Crippen molar-refractivity contribution >= 4 is 56.9 Å². The van der Waals surface area contributed by atoms with Crippen LogP contribution < -0.4 is 10.6 Å². The number of carbonyl (C=O) groups is 6.